The van der Waals surface area contributed by atoms with Crippen molar-refractivity contribution >= 4 is 0 Å². The fourth-order valence-electron chi connectivity index (χ4n) is 3.95. The standard InChI is InChI=1S/C19H24F3N/c20-19(21,22)11-5-8-16-12-17-9-4-10-18(13-16)23(17)14-15-6-2-1-3-7-15/h1-3,6-7,12,17-18H,4-5,8-11,13-14H2. The summed E-state index contributed by atoms with van der Waals surface area (Å²) in [4.78, 5) is 2.55. The average molecular weight is 323 g/mol. The molecule has 4 heteroatoms. The topological polar surface area (TPSA) is 3.24 Å². The normalized spacial score (nSPS) is 25.3. The lowest BCUT2D eigenvalue weighted by Crippen LogP contribution is -2.48. The Kier molecular flexibility index (Phi) is 5.10. The monoisotopic (exact) mass is 323 g/mol. The Balaban J connectivity index is 1.62. The van der Waals surface area contributed by atoms with Crippen LogP contribution in [-0.4, -0.2) is 23.2 Å². The number of nitrogens with zero attached hydrogens (tertiary/aromatic N) is 1. The molecule has 0 aromatic heterocycles. The second-order valence-electron chi connectivity index (χ2n) is 6.81. The van der Waals surface area contributed by atoms with Gasteiger partial charge in [-0.05, 0) is 37.7 Å². The number of benzene rings is 1. The molecule has 0 radical (unpaired) electrons. The van der Waals surface area contributed by atoms with Crippen LogP contribution in [0.4, 0.5) is 13.2 Å². The van der Waals surface area contributed by atoms with Gasteiger partial charge < -0.3 is 0 Å². The minimum absolute atomic E-state index is 0.230. The van der Waals surface area contributed by atoms with Gasteiger partial charge in [0.2, 0.25) is 0 Å². The summed E-state index contributed by atoms with van der Waals surface area (Å²) in [5, 5.41) is 0. The highest BCUT2D eigenvalue weighted by molar-refractivity contribution is 5.20. The second kappa shape index (κ2) is 7.08. The zero-order valence-electron chi connectivity index (χ0n) is 13.4. The van der Waals surface area contributed by atoms with Crippen molar-refractivity contribution in [3.8, 4) is 0 Å². The molecule has 2 aliphatic rings. The fourth-order valence-corrected chi connectivity index (χ4v) is 3.95. The van der Waals surface area contributed by atoms with Gasteiger partial charge in [0, 0.05) is 25.0 Å². The smallest absolute Gasteiger partial charge is 0.289 e. The van der Waals surface area contributed by atoms with Crippen molar-refractivity contribution in [3.05, 3.63) is 47.5 Å². The molecule has 2 aliphatic heterocycles. The molecule has 0 spiro atoms. The molecule has 126 valence electrons. The molecule has 0 aliphatic carbocycles. The zero-order chi connectivity index (χ0) is 16.3. The highest BCUT2D eigenvalue weighted by Gasteiger charge is 2.34. The molecule has 3 rings (SSSR count). The number of hydrogen-bond acceptors (Lipinski definition) is 1. The van der Waals surface area contributed by atoms with Crippen molar-refractivity contribution in [1.29, 1.82) is 0 Å². The van der Waals surface area contributed by atoms with Gasteiger partial charge in [0.15, 0.2) is 0 Å². The summed E-state index contributed by atoms with van der Waals surface area (Å²) in [6.07, 6.45) is 2.88. The van der Waals surface area contributed by atoms with E-state index in [0.717, 1.165) is 19.4 Å². The molecule has 23 heavy (non-hydrogen) atoms. The number of fused-ring (bicyclic) bond motifs is 2. The van der Waals surface area contributed by atoms with E-state index < -0.39 is 12.6 Å². The van der Waals surface area contributed by atoms with Crippen molar-refractivity contribution in [2.45, 2.75) is 69.8 Å². The number of rotatable bonds is 5. The number of halogens is 3. The molecule has 0 saturated carbocycles. The Labute approximate surface area is 136 Å². The van der Waals surface area contributed by atoms with Crippen molar-refractivity contribution in [2.75, 3.05) is 0 Å². The van der Waals surface area contributed by atoms with Crippen LogP contribution in [0.15, 0.2) is 42.0 Å². The first-order valence-corrected chi connectivity index (χ1v) is 8.57. The molecule has 0 N–H and O–H groups in total. The molecule has 2 atom stereocenters. The van der Waals surface area contributed by atoms with E-state index in [1.807, 2.05) is 6.07 Å². The predicted octanol–water partition coefficient (Wildman–Crippen LogP) is 5.47. The summed E-state index contributed by atoms with van der Waals surface area (Å²) < 4.78 is 37.0. The van der Waals surface area contributed by atoms with Crippen LogP contribution in [-0.2, 0) is 6.54 Å². The molecule has 2 heterocycles. The van der Waals surface area contributed by atoms with E-state index in [9.17, 15) is 13.2 Å². The van der Waals surface area contributed by atoms with Crippen molar-refractivity contribution in [2.24, 2.45) is 0 Å². The third kappa shape index (κ3) is 4.60. The first-order valence-electron chi connectivity index (χ1n) is 8.57. The fraction of sp³-hybridized carbons (Fsp3) is 0.579. The number of alkyl halides is 3. The van der Waals surface area contributed by atoms with Crippen LogP contribution in [0.5, 0.6) is 0 Å². The Morgan fingerprint density at radius 1 is 1.09 bits per heavy atom. The lowest BCUT2D eigenvalue weighted by molar-refractivity contribution is -0.135. The molecule has 1 aromatic carbocycles. The third-order valence-corrected chi connectivity index (χ3v) is 5.02. The highest BCUT2D eigenvalue weighted by Crippen LogP contribution is 2.36. The van der Waals surface area contributed by atoms with Crippen LogP contribution in [0.2, 0.25) is 0 Å². The summed E-state index contributed by atoms with van der Waals surface area (Å²) in [6.45, 7) is 0.947. The minimum Gasteiger partial charge on any atom is -0.289 e. The SMILES string of the molecule is FC(F)(F)CCCC1=CC2CCCC(C1)N2Cc1ccccc1. The molecule has 1 nitrogen and oxygen atoms in total. The maximum atomic E-state index is 12.3. The number of piperidine rings is 1. The summed E-state index contributed by atoms with van der Waals surface area (Å²) >= 11 is 0. The Bertz CT molecular complexity index is 535. The first-order chi connectivity index (χ1) is 11.0. The molecular formula is C19H24F3N. The first kappa shape index (κ1) is 16.6. The molecule has 0 amide bonds. The van der Waals surface area contributed by atoms with Crippen LogP contribution < -0.4 is 0 Å². The van der Waals surface area contributed by atoms with Crippen molar-refractivity contribution in [3.63, 3.8) is 0 Å². The largest absolute Gasteiger partial charge is 0.389 e. The van der Waals surface area contributed by atoms with E-state index in [4.69, 9.17) is 0 Å². The van der Waals surface area contributed by atoms with Gasteiger partial charge in [0.05, 0.1) is 0 Å². The minimum atomic E-state index is -4.02. The average Bonchev–Trinajstić information content (AvgIpc) is 2.47. The summed E-state index contributed by atoms with van der Waals surface area (Å²) in [7, 11) is 0. The summed E-state index contributed by atoms with van der Waals surface area (Å²) in [5.74, 6) is 0. The van der Waals surface area contributed by atoms with Gasteiger partial charge in [-0.2, -0.15) is 13.2 Å². The van der Waals surface area contributed by atoms with Crippen LogP contribution in [0.25, 0.3) is 0 Å². The van der Waals surface area contributed by atoms with E-state index in [2.05, 4.69) is 35.2 Å². The van der Waals surface area contributed by atoms with Gasteiger partial charge in [-0.25, -0.2) is 0 Å². The second-order valence-corrected chi connectivity index (χ2v) is 6.81. The maximum absolute atomic E-state index is 12.3. The zero-order valence-corrected chi connectivity index (χ0v) is 13.4. The molecular weight excluding hydrogens is 299 g/mol. The van der Waals surface area contributed by atoms with Gasteiger partial charge in [-0.15, -0.1) is 0 Å². The molecule has 2 bridgehead atoms. The Morgan fingerprint density at radius 3 is 2.57 bits per heavy atom. The van der Waals surface area contributed by atoms with Crippen LogP contribution >= 0.6 is 0 Å². The quantitative estimate of drug-likeness (QED) is 0.649. The lowest BCUT2D eigenvalue weighted by Gasteiger charge is -2.45. The molecule has 1 aromatic rings. The van der Waals surface area contributed by atoms with Gasteiger partial charge in [-0.1, -0.05) is 48.4 Å². The summed E-state index contributed by atoms with van der Waals surface area (Å²) in [6, 6.07) is 11.4. The van der Waals surface area contributed by atoms with E-state index in [1.54, 1.807) is 0 Å². The number of hydrogen-bond donors (Lipinski definition) is 0. The van der Waals surface area contributed by atoms with E-state index in [-0.39, 0.29) is 6.42 Å². The molecule has 2 unspecified atom stereocenters. The van der Waals surface area contributed by atoms with Crippen LogP contribution in [0.3, 0.4) is 0 Å². The van der Waals surface area contributed by atoms with E-state index in [1.165, 1.54) is 24.0 Å². The van der Waals surface area contributed by atoms with Gasteiger partial charge in [0.25, 0.3) is 0 Å². The lowest BCUT2D eigenvalue weighted by atomic mass is 9.83. The predicted molar refractivity (Wildman–Crippen MR) is 86.0 cm³/mol. The van der Waals surface area contributed by atoms with Gasteiger partial charge in [0.1, 0.15) is 0 Å². The van der Waals surface area contributed by atoms with Crippen molar-refractivity contribution < 1.29 is 13.2 Å². The van der Waals surface area contributed by atoms with E-state index in [0.29, 0.717) is 18.5 Å². The Morgan fingerprint density at radius 2 is 1.87 bits per heavy atom. The Hall–Kier alpha value is -1.29. The summed E-state index contributed by atoms with van der Waals surface area (Å²) in [5.41, 5.74) is 2.56. The van der Waals surface area contributed by atoms with Crippen LogP contribution in [0, 0.1) is 0 Å². The van der Waals surface area contributed by atoms with Gasteiger partial charge in [-0.3, -0.25) is 4.90 Å². The molecule has 1 fully saturated rings. The molecule has 1 saturated heterocycles. The van der Waals surface area contributed by atoms with Crippen LogP contribution in [0.1, 0.15) is 50.5 Å². The van der Waals surface area contributed by atoms with Crippen molar-refractivity contribution in [1.82, 2.24) is 4.90 Å². The van der Waals surface area contributed by atoms with E-state index >= 15 is 0 Å². The highest BCUT2D eigenvalue weighted by atomic mass is 19.4. The maximum Gasteiger partial charge on any atom is 0.389 e. The van der Waals surface area contributed by atoms with Gasteiger partial charge >= 0.3 is 6.18 Å². The third-order valence-electron chi connectivity index (χ3n) is 5.02.